The van der Waals surface area contributed by atoms with Gasteiger partial charge in [-0.2, -0.15) is 18.3 Å². The number of aliphatic carboxylic acids is 1. The van der Waals surface area contributed by atoms with Crippen LogP contribution < -0.4 is 10.9 Å². The second-order valence-electron chi connectivity index (χ2n) is 9.36. The first kappa shape index (κ1) is 32.0. The molecule has 0 spiro atoms. The van der Waals surface area contributed by atoms with Gasteiger partial charge in [-0.25, -0.2) is 19.5 Å². The van der Waals surface area contributed by atoms with Gasteiger partial charge in [0.15, 0.2) is 0 Å². The summed E-state index contributed by atoms with van der Waals surface area (Å²) >= 11 is 0. The predicted molar refractivity (Wildman–Crippen MR) is 138 cm³/mol. The highest BCUT2D eigenvalue weighted by atomic mass is 19.4. The third-order valence-corrected chi connectivity index (χ3v) is 5.23. The molecule has 0 fully saturated rings. The van der Waals surface area contributed by atoms with Crippen molar-refractivity contribution < 1.29 is 42.1 Å². The van der Waals surface area contributed by atoms with Gasteiger partial charge in [-0.1, -0.05) is 25.1 Å². The molecule has 40 heavy (non-hydrogen) atoms. The maximum atomic E-state index is 12.8. The van der Waals surface area contributed by atoms with Gasteiger partial charge < -0.3 is 24.9 Å². The molecule has 0 aliphatic carbocycles. The SMILES string of the molecule is CCOC(=O)c1c(CNCc2n[nH]c(=O)c3ccccc23)[nH]c(C(=O)OC(C)(C)C)c1CC.O=C(O)C(F)(F)F. The maximum absolute atomic E-state index is 12.8. The molecule has 1 aromatic carbocycles. The Bertz CT molecular complexity index is 1420. The van der Waals surface area contributed by atoms with E-state index >= 15 is 0 Å². The van der Waals surface area contributed by atoms with Crippen LogP contribution in [0.1, 0.15) is 72.4 Å². The van der Waals surface area contributed by atoms with Crippen molar-refractivity contribution in [3.63, 3.8) is 0 Å². The smallest absolute Gasteiger partial charge is 0.475 e. The molecule has 0 aliphatic rings. The molecule has 2 heterocycles. The van der Waals surface area contributed by atoms with Gasteiger partial charge in [0.1, 0.15) is 11.3 Å². The Hall–Kier alpha value is -4.20. The lowest BCUT2D eigenvalue weighted by Crippen LogP contribution is -2.24. The van der Waals surface area contributed by atoms with Gasteiger partial charge >= 0.3 is 24.1 Å². The molecule has 0 saturated heterocycles. The van der Waals surface area contributed by atoms with Crippen LogP contribution in [0.4, 0.5) is 13.2 Å². The normalized spacial score (nSPS) is 11.5. The van der Waals surface area contributed by atoms with Crippen molar-refractivity contribution in [2.45, 2.75) is 65.9 Å². The van der Waals surface area contributed by atoms with Gasteiger partial charge in [-0.3, -0.25) is 4.79 Å². The van der Waals surface area contributed by atoms with E-state index in [4.69, 9.17) is 19.4 Å². The first-order valence-electron chi connectivity index (χ1n) is 12.2. The van der Waals surface area contributed by atoms with Crippen LogP contribution in [0.15, 0.2) is 29.1 Å². The second kappa shape index (κ2) is 13.2. The Labute approximate surface area is 227 Å². The number of carbonyl (C=O) groups excluding carboxylic acids is 2. The van der Waals surface area contributed by atoms with Crippen LogP contribution in [0.2, 0.25) is 0 Å². The lowest BCUT2D eigenvalue weighted by Gasteiger charge is -2.19. The number of carboxylic acids is 1. The molecule has 0 amide bonds. The lowest BCUT2D eigenvalue weighted by atomic mass is 10.1. The number of rotatable bonds is 8. The fraction of sp³-hybridized carbons (Fsp3) is 0.423. The summed E-state index contributed by atoms with van der Waals surface area (Å²) in [4.78, 5) is 49.5. The van der Waals surface area contributed by atoms with Crippen molar-refractivity contribution in [2.75, 3.05) is 6.61 Å². The monoisotopic (exact) mass is 568 g/mol. The molecule has 14 heteroatoms. The van der Waals surface area contributed by atoms with Gasteiger partial charge in [0, 0.05) is 24.2 Å². The number of alkyl halides is 3. The summed E-state index contributed by atoms with van der Waals surface area (Å²) in [5, 5.41) is 18.3. The van der Waals surface area contributed by atoms with Crippen molar-refractivity contribution in [1.82, 2.24) is 20.5 Å². The summed E-state index contributed by atoms with van der Waals surface area (Å²) in [5.41, 5.74) is 1.42. The van der Waals surface area contributed by atoms with E-state index in [0.29, 0.717) is 40.9 Å². The standard InChI is InChI=1S/C24H30N4O5.C2HF3O2/c1-6-14-19(22(30)32-7-2)18(26-20(14)23(31)33-24(3,4)5)13-25-12-17-15-10-8-9-11-16(15)21(29)28-27-17;3-2(4,5)1(6)7/h8-11,25-26H,6-7,12-13H2,1-5H3,(H,28,29);(H,6,7). The zero-order valence-corrected chi connectivity index (χ0v) is 22.6. The third-order valence-electron chi connectivity index (χ3n) is 5.23. The molecule has 3 aromatic rings. The molecule has 0 bridgehead atoms. The van der Waals surface area contributed by atoms with E-state index in [-0.39, 0.29) is 24.4 Å². The van der Waals surface area contributed by atoms with Crippen molar-refractivity contribution in [2.24, 2.45) is 0 Å². The number of H-pyrrole nitrogens is 2. The molecule has 218 valence electrons. The molecule has 4 N–H and O–H groups in total. The first-order valence-corrected chi connectivity index (χ1v) is 12.2. The molecular weight excluding hydrogens is 537 g/mol. The lowest BCUT2D eigenvalue weighted by molar-refractivity contribution is -0.192. The van der Waals surface area contributed by atoms with Gasteiger partial charge in [-0.05, 0) is 45.7 Å². The van der Waals surface area contributed by atoms with Crippen molar-refractivity contribution >= 4 is 28.7 Å². The zero-order chi connectivity index (χ0) is 30.3. The minimum absolute atomic E-state index is 0.217. The molecule has 2 aromatic heterocycles. The Morgan fingerprint density at radius 3 is 2.15 bits per heavy atom. The number of nitrogens with zero attached hydrogens (tertiary/aromatic N) is 1. The topological polar surface area (TPSA) is 163 Å². The molecule has 0 aliphatic heterocycles. The largest absolute Gasteiger partial charge is 0.490 e. The summed E-state index contributed by atoms with van der Waals surface area (Å²) < 4.78 is 42.5. The van der Waals surface area contributed by atoms with Crippen molar-refractivity contribution in [3.8, 4) is 0 Å². The summed E-state index contributed by atoms with van der Waals surface area (Å²) in [7, 11) is 0. The Kier molecular flexibility index (Phi) is 10.6. The highest BCUT2D eigenvalue weighted by Crippen LogP contribution is 2.24. The fourth-order valence-corrected chi connectivity index (χ4v) is 3.65. The van der Waals surface area contributed by atoms with Crippen molar-refractivity contribution in [3.05, 3.63) is 62.8 Å². The van der Waals surface area contributed by atoms with Crippen molar-refractivity contribution in [1.29, 1.82) is 0 Å². The quantitative estimate of drug-likeness (QED) is 0.295. The number of aromatic amines is 2. The number of halogens is 3. The second-order valence-corrected chi connectivity index (χ2v) is 9.36. The van der Waals surface area contributed by atoms with E-state index in [1.807, 2.05) is 19.1 Å². The van der Waals surface area contributed by atoms with Crippen LogP contribution >= 0.6 is 0 Å². The van der Waals surface area contributed by atoms with Crippen LogP contribution in [0.25, 0.3) is 10.8 Å². The fourth-order valence-electron chi connectivity index (χ4n) is 3.65. The first-order chi connectivity index (χ1) is 18.6. The van der Waals surface area contributed by atoms with E-state index < -0.39 is 29.7 Å². The third kappa shape index (κ3) is 8.40. The van der Waals surface area contributed by atoms with E-state index in [2.05, 4.69) is 20.5 Å². The minimum Gasteiger partial charge on any atom is -0.475 e. The Morgan fingerprint density at radius 1 is 1.02 bits per heavy atom. The number of ether oxygens (including phenoxy) is 2. The van der Waals surface area contributed by atoms with E-state index in [0.717, 1.165) is 5.39 Å². The van der Waals surface area contributed by atoms with E-state index in [9.17, 15) is 27.6 Å². The average molecular weight is 569 g/mol. The number of fused-ring (bicyclic) bond motifs is 1. The molecular formula is C26H31F3N4O7. The molecule has 3 rings (SSSR count). The van der Waals surface area contributed by atoms with Crippen LogP contribution in [0, 0.1) is 0 Å². The molecule has 0 saturated carbocycles. The van der Waals surface area contributed by atoms with Crippen LogP contribution in [0.3, 0.4) is 0 Å². The number of nitrogens with one attached hydrogen (secondary N) is 3. The summed E-state index contributed by atoms with van der Waals surface area (Å²) in [6.45, 7) is 9.76. The number of aromatic nitrogens is 3. The number of benzene rings is 1. The van der Waals surface area contributed by atoms with Crippen LogP contribution in [-0.4, -0.2) is 56.6 Å². The number of carbonyl (C=O) groups is 3. The highest BCUT2D eigenvalue weighted by Gasteiger charge is 2.38. The van der Waals surface area contributed by atoms with Crippen LogP contribution in [0.5, 0.6) is 0 Å². The Morgan fingerprint density at radius 2 is 1.62 bits per heavy atom. The summed E-state index contributed by atoms with van der Waals surface area (Å²) in [6.07, 6.45) is -4.63. The van der Waals surface area contributed by atoms with Gasteiger partial charge in [0.25, 0.3) is 5.56 Å². The number of hydrogen-bond acceptors (Lipinski definition) is 8. The zero-order valence-electron chi connectivity index (χ0n) is 22.6. The summed E-state index contributed by atoms with van der Waals surface area (Å²) in [5.74, 6) is -3.78. The van der Waals surface area contributed by atoms with Gasteiger partial charge in [0.2, 0.25) is 0 Å². The summed E-state index contributed by atoms with van der Waals surface area (Å²) in [6, 6.07) is 7.22. The number of hydrogen-bond donors (Lipinski definition) is 4. The Balaban J connectivity index is 0.000000708. The average Bonchev–Trinajstić information content (AvgIpc) is 3.23. The van der Waals surface area contributed by atoms with E-state index in [1.54, 1.807) is 39.8 Å². The number of carboxylic acid groups (broad SMARTS) is 1. The predicted octanol–water partition coefficient (Wildman–Crippen LogP) is 3.87. The van der Waals surface area contributed by atoms with Gasteiger partial charge in [0.05, 0.1) is 23.3 Å². The molecule has 0 atom stereocenters. The van der Waals surface area contributed by atoms with Gasteiger partial charge in [-0.15, -0.1) is 0 Å². The molecule has 0 radical (unpaired) electrons. The molecule has 0 unspecified atom stereocenters. The highest BCUT2D eigenvalue weighted by molar-refractivity contribution is 5.99. The van der Waals surface area contributed by atoms with E-state index in [1.165, 1.54) is 0 Å². The maximum Gasteiger partial charge on any atom is 0.490 e. The molecule has 11 nitrogen and oxygen atoms in total. The number of esters is 2. The minimum atomic E-state index is -5.08. The van der Waals surface area contributed by atoms with Crippen LogP contribution in [-0.2, 0) is 33.8 Å².